The number of hydrogen-bond donors (Lipinski definition) is 0. The highest BCUT2D eigenvalue weighted by Crippen LogP contribution is 2.20. The Morgan fingerprint density at radius 3 is 1.12 bits per heavy atom. The first-order chi connectivity index (χ1) is 24.4. The molecular weight excluding hydrogens is 641 g/mol. The third-order valence-electron chi connectivity index (χ3n) is 9.72. The third-order valence-corrected chi connectivity index (χ3v) is 10.9. The second-order valence-corrected chi connectivity index (χ2v) is 16.3. The Bertz CT molecular complexity index is 658. The van der Waals surface area contributed by atoms with Gasteiger partial charge >= 0.3 is 11.9 Å². The van der Waals surface area contributed by atoms with Crippen molar-refractivity contribution in [3.8, 4) is 0 Å². The molecule has 0 atom stereocenters. The van der Waals surface area contributed by atoms with Crippen molar-refractivity contribution in [1.82, 2.24) is 9.21 Å². The van der Waals surface area contributed by atoms with Crippen molar-refractivity contribution in [3.05, 3.63) is 0 Å². The molecule has 0 rings (SSSR count). The molecule has 0 fully saturated rings. The Morgan fingerprint density at radius 2 is 0.800 bits per heavy atom. The first-order valence-electron chi connectivity index (χ1n) is 21.8. The van der Waals surface area contributed by atoms with Crippen LogP contribution in [0, 0.1) is 0 Å². The maximum Gasteiger partial charge on any atom is 0.306 e. The summed E-state index contributed by atoms with van der Waals surface area (Å²) in [7, 11) is 4.24. The highest BCUT2D eigenvalue weighted by Gasteiger charge is 2.17. The van der Waals surface area contributed by atoms with Crippen LogP contribution in [0.25, 0.3) is 0 Å². The second kappa shape index (κ2) is 38.0. The lowest BCUT2D eigenvalue weighted by molar-refractivity contribution is -0.150. The van der Waals surface area contributed by atoms with Gasteiger partial charge in [-0.3, -0.25) is 13.9 Å². The normalized spacial score (nSPS) is 11.8. The SMILES string of the molecule is CCCCCCCC(CCCCCCC)OC(=O)CCCN(CCCC(=O)OC(CCCCCCC)CCCCCCC)SCCCN(C)C. The highest BCUT2D eigenvalue weighted by atomic mass is 32.2. The van der Waals surface area contributed by atoms with Gasteiger partial charge in [0.15, 0.2) is 0 Å². The minimum absolute atomic E-state index is 0.0336. The summed E-state index contributed by atoms with van der Waals surface area (Å²) in [6.45, 7) is 11.8. The minimum Gasteiger partial charge on any atom is -0.462 e. The highest BCUT2D eigenvalue weighted by molar-refractivity contribution is 7.97. The summed E-state index contributed by atoms with van der Waals surface area (Å²) in [5, 5.41) is 0. The van der Waals surface area contributed by atoms with Crippen molar-refractivity contribution in [2.45, 2.75) is 226 Å². The molecular formula is C43H86N2O4S. The van der Waals surface area contributed by atoms with E-state index < -0.39 is 0 Å². The number of nitrogens with zero attached hydrogens (tertiary/aromatic N) is 2. The monoisotopic (exact) mass is 727 g/mol. The van der Waals surface area contributed by atoms with Gasteiger partial charge in [-0.1, -0.05) is 142 Å². The van der Waals surface area contributed by atoms with Gasteiger partial charge in [0.05, 0.1) is 0 Å². The molecule has 50 heavy (non-hydrogen) atoms. The standard InChI is InChI=1S/C43H86N2O4S/c1-7-11-15-19-23-30-40(31-24-20-16-12-8-2)48-42(46)34-27-37-45(50-39-29-36-44(5)6)38-28-35-43(47)49-41(32-25-21-17-13-9-3)33-26-22-18-14-10-4/h40-41H,7-39H2,1-6H3. The zero-order chi connectivity index (χ0) is 36.9. The van der Waals surface area contributed by atoms with Crippen molar-refractivity contribution in [2.75, 3.05) is 39.5 Å². The fraction of sp³-hybridized carbons (Fsp3) is 0.953. The Balaban J connectivity index is 4.88. The predicted molar refractivity (Wildman–Crippen MR) is 219 cm³/mol. The molecule has 7 heteroatoms. The van der Waals surface area contributed by atoms with E-state index in [0.29, 0.717) is 12.8 Å². The zero-order valence-corrected chi connectivity index (χ0v) is 35.2. The molecule has 0 N–H and O–H groups in total. The molecule has 298 valence electrons. The van der Waals surface area contributed by atoms with E-state index in [1.807, 2.05) is 11.9 Å². The molecule has 0 amide bonds. The quantitative estimate of drug-likeness (QED) is 0.0355. The third kappa shape index (κ3) is 34.3. The molecule has 0 unspecified atom stereocenters. The summed E-state index contributed by atoms with van der Waals surface area (Å²) in [6.07, 6.45) is 32.7. The number of rotatable bonds is 39. The van der Waals surface area contributed by atoms with Crippen LogP contribution in [-0.2, 0) is 19.1 Å². The fourth-order valence-corrected chi connectivity index (χ4v) is 7.56. The lowest BCUT2D eigenvalue weighted by Gasteiger charge is -2.22. The molecule has 0 saturated carbocycles. The van der Waals surface area contributed by atoms with E-state index >= 15 is 0 Å². The van der Waals surface area contributed by atoms with Gasteiger partial charge in [0, 0.05) is 31.7 Å². The topological polar surface area (TPSA) is 59.1 Å². The minimum atomic E-state index is -0.0336. The van der Waals surface area contributed by atoms with Crippen molar-refractivity contribution in [2.24, 2.45) is 0 Å². The Labute approximate surface area is 316 Å². The van der Waals surface area contributed by atoms with E-state index in [0.717, 1.165) is 96.0 Å². The fourth-order valence-electron chi connectivity index (χ4n) is 6.53. The van der Waals surface area contributed by atoms with Crippen LogP contribution in [0.5, 0.6) is 0 Å². The molecule has 0 heterocycles. The maximum atomic E-state index is 13.0. The van der Waals surface area contributed by atoms with Gasteiger partial charge in [-0.2, -0.15) is 0 Å². The van der Waals surface area contributed by atoms with Gasteiger partial charge in [0.25, 0.3) is 0 Å². The summed E-state index contributed by atoms with van der Waals surface area (Å²) >= 11 is 1.87. The van der Waals surface area contributed by atoms with Crippen LogP contribution >= 0.6 is 11.9 Å². The molecule has 0 aromatic heterocycles. The van der Waals surface area contributed by atoms with Gasteiger partial charge in [-0.15, -0.1) is 0 Å². The predicted octanol–water partition coefficient (Wildman–Crippen LogP) is 12.7. The number of hydrogen-bond acceptors (Lipinski definition) is 7. The molecule has 0 aliphatic carbocycles. The van der Waals surface area contributed by atoms with Crippen LogP contribution in [-0.4, -0.2) is 72.8 Å². The molecule has 0 aliphatic rings. The average molecular weight is 727 g/mol. The van der Waals surface area contributed by atoms with E-state index in [9.17, 15) is 9.59 Å². The van der Waals surface area contributed by atoms with Crippen LogP contribution in [0.4, 0.5) is 0 Å². The zero-order valence-electron chi connectivity index (χ0n) is 34.4. The lowest BCUT2D eigenvalue weighted by Crippen LogP contribution is -2.24. The molecule has 0 saturated heterocycles. The van der Waals surface area contributed by atoms with Crippen molar-refractivity contribution >= 4 is 23.9 Å². The van der Waals surface area contributed by atoms with E-state index in [1.165, 1.54) is 103 Å². The largest absolute Gasteiger partial charge is 0.462 e. The second-order valence-electron chi connectivity index (χ2n) is 15.2. The molecule has 0 aromatic carbocycles. The van der Waals surface area contributed by atoms with Crippen LogP contribution < -0.4 is 0 Å². The summed E-state index contributed by atoms with van der Waals surface area (Å²) < 4.78 is 14.5. The van der Waals surface area contributed by atoms with Crippen LogP contribution in [0.2, 0.25) is 0 Å². The smallest absolute Gasteiger partial charge is 0.306 e. The average Bonchev–Trinajstić information content (AvgIpc) is 3.09. The van der Waals surface area contributed by atoms with Gasteiger partial charge < -0.3 is 14.4 Å². The van der Waals surface area contributed by atoms with Crippen LogP contribution in [0.1, 0.15) is 214 Å². The molecule has 0 aromatic rings. The van der Waals surface area contributed by atoms with Crippen molar-refractivity contribution in [3.63, 3.8) is 0 Å². The van der Waals surface area contributed by atoms with Crippen molar-refractivity contribution in [1.29, 1.82) is 0 Å². The summed E-state index contributed by atoms with van der Waals surface area (Å²) in [4.78, 5) is 28.2. The Hall–Kier alpha value is -0.790. The van der Waals surface area contributed by atoms with Gasteiger partial charge in [-0.25, -0.2) is 0 Å². The van der Waals surface area contributed by atoms with Gasteiger partial charge in [0.1, 0.15) is 12.2 Å². The van der Waals surface area contributed by atoms with Crippen molar-refractivity contribution < 1.29 is 19.1 Å². The molecule has 6 nitrogen and oxygen atoms in total. The number of esters is 2. The van der Waals surface area contributed by atoms with Gasteiger partial charge in [-0.05, 0) is 91.3 Å². The number of ether oxygens (including phenoxy) is 2. The van der Waals surface area contributed by atoms with E-state index in [1.54, 1.807) is 0 Å². The number of carbonyl (C=O) groups excluding carboxylic acids is 2. The molecule has 0 aliphatic heterocycles. The van der Waals surface area contributed by atoms with Crippen LogP contribution in [0.15, 0.2) is 0 Å². The number of unbranched alkanes of at least 4 members (excludes halogenated alkanes) is 16. The summed E-state index contributed by atoms with van der Waals surface area (Å²) in [5.41, 5.74) is 0. The Morgan fingerprint density at radius 1 is 0.460 bits per heavy atom. The van der Waals surface area contributed by atoms with Gasteiger partial charge in [0.2, 0.25) is 0 Å². The first kappa shape index (κ1) is 49.2. The lowest BCUT2D eigenvalue weighted by atomic mass is 10.0. The Kier molecular flexibility index (Phi) is 37.4. The summed E-state index contributed by atoms with van der Waals surface area (Å²) in [6, 6.07) is 0. The molecule has 0 radical (unpaired) electrons. The van der Waals surface area contributed by atoms with Crippen LogP contribution in [0.3, 0.4) is 0 Å². The summed E-state index contributed by atoms with van der Waals surface area (Å²) in [5.74, 6) is 0.978. The van der Waals surface area contributed by atoms with E-state index in [2.05, 4.69) is 51.0 Å². The number of carbonyl (C=O) groups is 2. The first-order valence-corrected chi connectivity index (χ1v) is 22.7. The molecule has 0 spiro atoms. The van der Waals surface area contributed by atoms with E-state index in [-0.39, 0.29) is 24.1 Å². The molecule has 0 bridgehead atoms. The van der Waals surface area contributed by atoms with E-state index in [4.69, 9.17) is 9.47 Å². The maximum absolute atomic E-state index is 13.0.